The Morgan fingerprint density at radius 3 is 1.65 bits per heavy atom. The van der Waals surface area contributed by atoms with E-state index < -0.39 is 23.3 Å². The molecule has 0 saturated carbocycles. The third-order valence-electron chi connectivity index (χ3n) is 3.99. The van der Waals surface area contributed by atoms with Gasteiger partial charge in [0.15, 0.2) is 0 Å². The standard InChI is InChI=1S/C21H16F4O/c1-13-3-7-15(8-4-13)16-11-18(22)20(19(23)12-16)21(24,25)26-17-9-5-14(2)6-10-17/h3-12H,1-2H3. The van der Waals surface area contributed by atoms with Crippen molar-refractivity contribution in [1.29, 1.82) is 0 Å². The minimum atomic E-state index is -4.14. The van der Waals surface area contributed by atoms with Gasteiger partial charge in [-0.15, -0.1) is 0 Å². The van der Waals surface area contributed by atoms with E-state index in [0.717, 1.165) is 23.3 Å². The van der Waals surface area contributed by atoms with Gasteiger partial charge in [-0.3, -0.25) is 0 Å². The molecule has 1 nitrogen and oxygen atoms in total. The molecule has 0 N–H and O–H groups in total. The first-order chi connectivity index (χ1) is 12.3. The minimum Gasteiger partial charge on any atom is -0.429 e. The SMILES string of the molecule is Cc1ccc(OC(F)(F)c2c(F)cc(-c3ccc(C)cc3)cc2F)cc1. The summed E-state index contributed by atoms with van der Waals surface area (Å²) in [6.45, 7) is 3.65. The van der Waals surface area contributed by atoms with Crippen LogP contribution in [0.15, 0.2) is 60.7 Å². The second-order valence-corrected chi connectivity index (χ2v) is 6.11. The summed E-state index contributed by atoms with van der Waals surface area (Å²) < 4.78 is 61.9. The summed E-state index contributed by atoms with van der Waals surface area (Å²) in [6.07, 6.45) is -4.14. The molecule has 0 heterocycles. The van der Waals surface area contributed by atoms with Crippen LogP contribution in [0.5, 0.6) is 5.75 Å². The molecule has 0 unspecified atom stereocenters. The molecule has 0 aromatic heterocycles. The van der Waals surface area contributed by atoms with Crippen LogP contribution in [0.3, 0.4) is 0 Å². The summed E-state index contributed by atoms with van der Waals surface area (Å²) in [5.41, 5.74) is 1.12. The lowest BCUT2D eigenvalue weighted by Gasteiger charge is -2.20. The number of hydrogen-bond donors (Lipinski definition) is 0. The van der Waals surface area contributed by atoms with Gasteiger partial charge in [0, 0.05) is 0 Å². The van der Waals surface area contributed by atoms with Gasteiger partial charge < -0.3 is 4.74 Å². The highest BCUT2D eigenvalue weighted by molar-refractivity contribution is 5.64. The van der Waals surface area contributed by atoms with Crippen LogP contribution in [0.25, 0.3) is 11.1 Å². The Morgan fingerprint density at radius 2 is 1.15 bits per heavy atom. The fraction of sp³-hybridized carbons (Fsp3) is 0.143. The lowest BCUT2D eigenvalue weighted by Crippen LogP contribution is -2.25. The van der Waals surface area contributed by atoms with Crippen molar-refractivity contribution in [2.45, 2.75) is 20.0 Å². The molecule has 0 saturated heterocycles. The summed E-state index contributed by atoms with van der Waals surface area (Å²) >= 11 is 0. The number of ether oxygens (including phenoxy) is 1. The van der Waals surface area contributed by atoms with E-state index in [-0.39, 0.29) is 11.3 Å². The Hall–Kier alpha value is -2.82. The Kier molecular flexibility index (Phi) is 4.72. The molecular weight excluding hydrogens is 344 g/mol. The van der Waals surface area contributed by atoms with E-state index in [0.29, 0.717) is 5.56 Å². The summed E-state index contributed by atoms with van der Waals surface area (Å²) in [5, 5.41) is 0. The smallest absolute Gasteiger partial charge is 0.429 e. The van der Waals surface area contributed by atoms with E-state index in [2.05, 4.69) is 4.74 Å². The fourth-order valence-electron chi connectivity index (χ4n) is 2.57. The molecule has 26 heavy (non-hydrogen) atoms. The van der Waals surface area contributed by atoms with Gasteiger partial charge >= 0.3 is 6.11 Å². The maximum atomic E-state index is 14.3. The van der Waals surface area contributed by atoms with Crippen LogP contribution < -0.4 is 4.74 Å². The van der Waals surface area contributed by atoms with Crippen molar-refractivity contribution in [1.82, 2.24) is 0 Å². The van der Waals surface area contributed by atoms with Crippen molar-refractivity contribution in [2.75, 3.05) is 0 Å². The first-order valence-corrected chi connectivity index (χ1v) is 7.96. The lowest BCUT2D eigenvalue weighted by atomic mass is 10.0. The van der Waals surface area contributed by atoms with Gasteiger partial charge in [-0.2, -0.15) is 8.78 Å². The van der Waals surface area contributed by atoms with Gasteiger partial charge in [0.25, 0.3) is 0 Å². The van der Waals surface area contributed by atoms with E-state index in [9.17, 15) is 17.6 Å². The third kappa shape index (κ3) is 3.72. The molecule has 3 rings (SSSR count). The molecule has 0 spiro atoms. The van der Waals surface area contributed by atoms with E-state index in [1.165, 1.54) is 12.1 Å². The highest BCUT2D eigenvalue weighted by Crippen LogP contribution is 2.37. The number of aryl methyl sites for hydroxylation is 2. The first kappa shape index (κ1) is 18.0. The summed E-state index contributed by atoms with van der Waals surface area (Å²) in [5.74, 6) is -2.91. The third-order valence-corrected chi connectivity index (χ3v) is 3.99. The van der Waals surface area contributed by atoms with Gasteiger partial charge in [-0.1, -0.05) is 47.5 Å². The summed E-state index contributed by atoms with van der Waals surface area (Å²) in [4.78, 5) is 0. The minimum absolute atomic E-state index is 0.176. The highest BCUT2D eigenvalue weighted by Gasteiger charge is 2.41. The van der Waals surface area contributed by atoms with Gasteiger partial charge in [0.2, 0.25) is 0 Å². The zero-order chi connectivity index (χ0) is 18.9. The second kappa shape index (κ2) is 6.83. The molecule has 134 valence electrons. The number of hydrogen-bond acceptors (Lipinski definition) is 1. The predicted octanol–water partition coefficient (Wildman–Crippen LogP) is 6.38. The van der Waals surface area contributed by atoms with Gasteiger partial charge in [-0.25, -0.2) is 8.78 Å². The zero-order valence-corrected chi connectivity index (χ0v) is 14.2. The van der Waals surface area contributed by atoms with E-state index in [1.807, 2.05) is 6.92 Å². The summed E-state index contributed by atoms with van der Waals surface area (Å²) in [7, 11) is 0. The Morgan fingerprint density at radius 1 is 0.692 bits per heavy atom. The van der Waals surface area contributed by atoms with Crippen LogP contribution in [0.2, 0.25) is 0 Å². The van der Waals surface area contributed by atoms with Gasteiger partial charge in [0.1, 0.15) is 22.9 Å². The van der Waals surface area contributed by atoms with Gasteiger partial charge in [-0.05, 0) is 49.2 Å². The molecule has 0 atom stereocenters. The molecule has 0 radical (unpaired) electrons. The van der Waals surface area contributed by atoms with Crippen LogP contribution in [-0.2, 0) is 6.11 Å². The van der Waals surface area contributed by atoms with Crippen LogP contribution in [0, 0.1) is 25.5 Å². The molecule has 5 heteroatoms. The van der Waals surface area contributed by atoms with E-state index in [1.54, 1.807) is 43.3 Å². The van der Waals surface area contributed by atoms with Crippen LogP contribution in [-0.4, -0.2) is 0 Å². The zero-order valence-electron chi connectivity index (χ0n) is 14.2. The molecule has 3 aromatic rings. The molecule has 3 aromatic carbocycles. The lowest BCUT2D eigenvalue weighted by molar-refractivity contribution is -0.189. The molecule has 0 aliphatic heterocycles. The molecule has 0 fully saturated rings. The number of benzene rings is 3. The average molecular weight is 360 g/mol. The number of halogens is 4. The van der Waals surface area contributed by atoms with Crippen molar-refractivity contribution in [3.63, 3.8) is 0 Å². The largest absolute Gasteiger partial charge is 0.432 e. The topological polar surface area (TPSA) is 9.23 Å². The van der Waals surface area contributed by atoms with Crippen molar-refractivity contribution in [3.05, 3.63) is 89.0 Å². The summed E-state index contributed by atoms with van der Waals surface area (Å²) in [6, 6.07) is 14.4. The fourth-order valence-corrected chi connectivity index (χ4v) is 2.57. The molecule has 0 aliphatic rings. The second-order valence-electron chi connectivity index (χ2n) is 6.11. The first-order valence-electron chi connectivity index (χ1n) is 7.96. The Labute approximate surface area is 148 Å². The van der Waals surface area contributed by atoms with Crippen molar-refractivity contribution in [2.24, 2.45) is 0 Å². The van der Waals surface area contributed by atoms with Crippen molar-refractivity contribution < 1.29 is 22.3 Å². The van der Waals surface area contributed by atoms with Crippen LogP contribution in [0.4, 0.5) is 17.6 Å². The normalized spacial score (nSPS) is 11.5. The Bertz CT molecular complexity index is 893. The maximum absolute atomic E-state index is 14.3. The maximum Gasteiger partial charge on any atom is 0.432 e. The number of rotatable bonds is 4. The predicted molar refractivity (Wildman–Crippen MR) is 92.2 cm³/mol. The van der Waals surface area contributed by atoms with Gasteiger partial charge in [0.05, 0.1) is 0 Å². The van der Waals surface area contributed by atoms with Crippen molar-refractivity contribution >= 4 is 0 Å². The molecule has 0 amide bonds. The van der Waals surface area contributed by atoms with Crippen LogP contribution in [0.1, 0.15) is 16.7 Å². The molecule has 0 bridgehead atoms. The Balaban J connectivity index is 1.96. The molecular formula is C21H16F4O. The van der Waals surface area contributed by atoms with E-state index >= 15 is 0 Å². The quantitative estimate of drug-likeness (QED) is 0.491. The average Bonchev–Trinajstić information content (AvgIpc) is 2.56. The highest BCUT2D eigenvalue weighted by atomic mass is 19.3. The van der Waals surface area contributed by atoms with Crippen LogP contribution >= 0.6 is 0 Å². The molecule has 0 aliphatic carbocycles. The number of alkyl halides is 2. The van der Waals surface area contributed by atoms with Crippen molar-refractivity contribution in [3.8, 4) is 16.9 Å². The monoisotopic (exact) mass is 360 g/mol. The van der Waals surface area contributed by atoms with E-state index in [4.69, 9.17) is 0 Å².